The summed E-state index contributed by atoms with van der Waals surface area (Å²) in [7, 11) is 0. The number of anilines is 1. The second-order valence-electron chi connectivity index (χ2n) is 5.50. The monoisotopic (exact) mass is 333 g/mol. The molecule has 3 nitrogen and oxygen atoms in total. The van der Waals surface area contributed by atoms with Gasteiger partial charge in [0.05, 0.1) is 17.8 Å². The summed E-state index contributed by atoms with van der Waals surface area (Å²) in [6, 6.07) is 12.4. The van der Waals surface area contributed by atoms with Crippen molar-refractivity contribution in [2.45, 2.75) is 13.1 Å². The Morgan fingerprint density at radius 1 is 1.04 bits per heavy atom. The highest BCUT2D eigenvalue weighted by atomic mass is 19.4. The molecule has 0 bridgehead atoms. The van der Waals surface area contributed by atoms with Crippen LogP contribution >= 0.6 is 0 Å². The van der Waals surface area contributed by atoms with Gasteiger partial charge in [0.1, 0.15) is 0 Å². The second kappa shape index (κ2) is 6.03. The Bertz CT molecular complexity index is 795. The first-order valence-electron chi connectivity index (χ1n) is 7.28. The summed E-state index contributed by atoms with van der Waals surface area (Å²) in [6.07, 6.45) is -3.23. The molecular formula is C18H14F3NO2. The highest BCUT2D eigenvalue weighted by Gasteiger charge is 2.36. The SMILES string of the molecule is Cc1ccc(C2=CC(=O)ON(c3ccccc3C(F)(F)F)C2)cc1. The van der Waals surface area contributed by atoms with Crippen molar-refractivity contribution in [1.29, 1.82) is 0 Å². The topological polar surface area (TPSA) is 29.5 Å². The average Bonchev–Trinajstić information content (AvgIpc) is 2.54. The van der Waals surface area contributed by atoms with Crippen LogP contribution in [0.1, 0.15) is 16.7 Å². The van der Waals surface area contributed by atoms with Crippen molar-refractivity contribution in [3.05, 3.63) is 71.3 Å². The van der Waals surface area contributed by atoms with Gasteiger partial charge in [0.25, 0.3) is 0 Å². The summed E-state index contributed by atoms with van der Waals surface area (Å²) in [5.74, 6) is -0.700. The molecule has 0 N–H and O–H groups in total. The van der Waals surface area contributed by atoms with Crippen LogP contribution < -0.4 is 5.06 Å². The molecule has 0 fully saturated rings. The number of para-hydroxylation sites is 1. The predicted molar refractivity (Wildman–Crippen MR) is 84.0 cm³/mol. The molecule has 6 heteroatoms. The molecule has 0 spiro atoms. The lowest BCUT2D eigenvalue weighted by Gasteiger charge is -2.29. The zero-order chi connectivity index (χ0) is 17.3. The molecule has 2 aromatic rings. The van der Waals surface area contributed by atoms with E-state index in [1.807, 2.05) is 31.2 Å². The van der Waals surface area contributed by atoms with Gasteiger partial charge in [-0.15, -0.1) is 0 Å². The van der Waals surface area contributed by atoms with Crippen molar-refractivity contribution in [3.63, 3.8) is 0 Å². The van der Waals surface area contributed by atoms with E-state index < -0.39 is 17.7 Å². The summed E-state index contributed by atoms with van der Waals surface area (Å²) >= 11 is 0. The van der Waals surface area contributed by atoms with Gasteiger partial charge in [0.2, 0.25) is 0 Å². The number of nitrogens with zero attached hydrogens (tertiary/aromatic N) is 1. The normalized spacial score (nSPS) is 15.1. The van der Waals surface area contributed by atoms with Crippen LogP contribution in [0.3, 0.4) is 0 Å². The fraction of sp³-hybridized carbons (Fsp3) is 0.167. The van der Waals surface area contributed by atoms with Gasteiger partial charge in [0.15, 0.2) is 0 Å². The number of carbonyl (C=O) groups excluding carboxylic acids is 1. The fourth-order valence-electron chi connectivity index (χ4n) is 2.52. The predicted octanol–water partition coefficient (Wildman–Crippen LogP) is 4.38. The van der Waals surface area contributed by atoms with Gasteiger partial charge in [-0.3, -0.25) is 0 Å². The molecule has 0 saturated heterocycles. The van der Waals surface area contributed by atoms with E-state index in [-0.39, 0.29) is 12.2 Å². The number of hydroxylamine groups is 1. The number of rotatable bonds is 2. The van der Waals surface area contributed by atoms with Crippen molar-refractivity contribution in [2.24, 2.45) is 0 Å². The zero-order valence-electron chi connectivity index (χ0n) is 12.8. The lowest BCUT2D eigenvalue weighted by atomic mass is 10.0. The standard InChI is InChI=1S/C18H14F3NO2/c1-12-6-8-13(9-7-12)14-10-17(23)24-22(11-14)16-5-3-2-4-15(16)18(19,20)21/h2-10H,11H2,1H3. The van der Waals surface area contributed by atoms with Gasteiger partial charge in [-0.05, 0) is 30.2 Å². The van der Waals surface area contributed by atoms with Crippen LogP contribution in [0.2, 0.25) is 0 Å². The number of aryl methyl sites for hydroxylation is 1. The quantitative estimate of drug-likeness (QED) is 0.817. The Labute approximate surface area is 136 Å². The highest BCUT2D eigenvalue weighted by Crippen LogP contribution is 2.38. The minimum Gasteiger partial charge on any atom is -0.336 e. The molecule has 3 rings (SSSR count). The van der Waals surface area contributed by atoms with Crippen molar-refractivity contribution < 1.29 is 22.8 Å². The number of hydrogen-bond donors (Lipinski definition) is 0. The number of halogens is 3. The first kappa shape index (κ1) is 16.1. The minimum atomic E-state index is -4.53. The van der Waals surface area contributed by atoms with Crippen molar-refractivity contribution >= 4 is 17.2 Å². The van der Waals surface area contributed by atoms with E-state index in [4.69, 9.17) is 4.84 Å². The van der Waals surface area contributed by atoms with Gasteiger partial charge in [-0.25, -0.2) is 9.86 Å². The minimum absolute atomic E-state index is 0.0435. The fourth-order valence-corrected chi connectivity index (χ4v) is 2.52. The lowest BCUT2D eigenvalue weighted by Crippen LogP contribution is -2.33. The van der Waals surface area contributed by atoms with Crippen LogP contribution in [0.25, 0.3) is 5.57 Å². The van der Waals surface area contributed by atoms with E-state index >= 15 is 0 Å². The number of alkyl halides is 3. The van der Waals surface area contributed by atoms with Gasteiger partial charge < -0.3 is 4.84 Å². The first-order chi connectivity index (χ1) is 11.3. The summed E-state index contributed by atoms with van der Waals surface area (Å²) < 4.78 is 39.5. The highest BCUT2D eigenvalue weighted by molar-refractivity contribution is 5.95. The van der Waals surface area contributed by atoms with E-state index in [0.717, 1.165) is 22.3 Å². The second-order valence-corrected chi connectivity index (χ2v) is 5.50. The Hall–Kier alpha value is -2.76. The number of carbonyl (C=O) groups is 1. The Morgan fingerprint density at radius 2 is 1.71 bits per heavy atom. The molecule has 124 valence electrons. The van der Waals surface area contributed by atoms with Crippen molar-refractivity contribution in [2.75, 3.05) is 11.6 Å². The Morgan fingerprint density at radius 3 is 2.38 bits per heavy atom. The Kier molecular flexibility index (Phi) is 4.05. The third-order valence-electron chi connectivity index (χ3n) is 3.71. The van der Waals surface area contributed by atoms with Crippen molar-refractivity contribution in [1.82, 2.24) is 0 Å². The van der Waals surface area contributed by atoms with Crippen LogP contribution in [0, 0.1) is 6.92 Å². The maximum atomic E-state index is 13.2. The average molecular weight is 333 g/mol. The molecule has 24 heavy (non-hydrogen) atoms. The maximum Gasteiger partial charge on any atom is 0.418 e. The van der Waals surface area contributed by atoms with E-state index in [2.05, 4.69) is 0 Å². The largest absolute Gasteiger partial charge is 0.418 e. The van der Waals surface area contributed by atoms with E-state index in [1.165, 1.54) is 24.3 Å². The molecule has 0 unspecified atom stereocenters. The van der Waals surface area contributed by atoms with Crippen LogP contribution in [0.15, 0.2) is 54.6 Å². The lowest BCUT2D eigenvalue weighted by molar-refractivity contribution is -0.143. The molecule has 1 aliphatic rings. The molecule has 0 radical (unpaired) electrons. The molecule has 0 saturated carbocycles. The van der Waals surface area contributed by atoms with Crippen LogP contribution in [-0.4, -0.2) is 12.5 Å². The third kappa shape index (κ3) is 3.27. The van der Waals surface area contributed by atoms with Gasteiger partial charge >= 0.3 is 12.1 Å². The maximum absolute atomic E-state index is 13.2. The summed E-state index contributed by atoms with van der Waals surface area (Å²) in [5, 5.41) is 0.986. The molecule has 1 aliphatic heterocycles. The molecule has 0 aliphatic carbocycles. The number of benzene rings is 2. The van der Waals surface area contributed by atoms with Gasteiger partial charge in [-0.2, -0.15) is 13.2 Å². The first-order valence-corrected chi connectivity index (χ1v) is 7.28. The third-order valence-corrected chi connectivity index (χ3v) is 3.71. The molecule has 2 aromatic carbocycles. The van der Waals surface area contributed by atoms with Crippen LogP contribution in [-0.2, 0) is 15.8 Å². The van der Waals surface area contributed by atoms with Crippen LogP contribution in [0.5, 0.6) is 0 Å². The zero-order valence-corrected chi connectivity index (χ0v) is 12.8. The van der Waals surface area contributed by atoms with E-state index in [0.29, 0.717) is 5.57 Å². The molecule has 1 heterocycles. The van der Waals surface area contributed by atoms with E-state index in [9.17, 15) is 18.0 Å². The van der Waals surface area contributed by atoms with E-state index in [1.54, 1.807) is 0 Å². The molecular weight excluding hydrogens is 319 g/mol. The summed E-state index contributed by atoms with van der Waals surface area (Å²) in [6.45, 7) is 1.97. The van der Waals surface area contributed by atoms with Crippen molar-refractivity contribution in [3.8, 4) is 0 Å². The summed E-state index contributed by atoms with van der Waals surface area (Å²) in [4.78, 5) is 16.8. The van der Waals surface area contributed by atoms with Crippen LogP contribution in [0.4, 0.5) is 18.9 Å². The molecule has 0 aromatic heterocycles. The Balaban J connectivity index is 1.96. The van der Waals surface area contributed by atoms with Gasteiger partial charge in [0, 0.05) is 6.08 Å². The van der Waals surface area contributed by atoms with Gasteiger partial charge in [-0.1, -0.05) is 42.0 Å². The number of hydrogen-bond acceptors (Lipinski definition) is 3. The smallest absolute Gasteiger partial charge is 0.336 e. The summed E-state index contributed by atoms with van der Waals surface area (Å²) in [5.41, 5.74) is 1.39. The molecule has 0 amide bonds. The molecule has 0 atom stereocenters.